The van der Waals surface area contributed by atoms with Crippen molar-refractivity contribution in [3.05, 3.63) is 59.7 Å². The maximum Gasteiger partial charge on any atom is 0.306 e. The minimum absolute atomic E-state index is 0.00158. The predicted octanol–water partition coefficient (Wildman–Crippen LogP) is 2.93. The highest BCUT2D eigenvalue weighted by molar-refractivity contribution is 7.89. The minimum Gasteiger partial charge on any atom is -0.453 e. The van der Waals surface area contributed by atoms with Crippen LogP contribution in [-0.2, 0) is 24.3 Å². The van der Waals surface area contributed by atoms with Crippen LogP contribution in [0, 0.1) is 13.8 Å². The molecule has 0 heterocycles. The van der Waals surface area contributed by atoms with Gasteiger partial charge in [0, 0.05) is 18.7 Å². The number of benzene rings is 2. The van der Waals surface area contributed by atoms with E-state index in [9.17, 15) is 18.0 Å². The van der Waals surface area contributed by atoms with E-state index in [1.54, 1.807) is 42.5 Å². The number of aryl methyl sites for hydroxylation is 2. The smallest absolute Gasteiger partial charge is 0.306 e. The van der Waals surface area contributed by atoms with Crippen LogP contribution in [0.2, 0.25) is 0 Å². The van der Waals surface area contributed by atoms with Crippen LogP contribution >= 0.6 is 0 Å². The number of carbonyl (C=O) groups is 2. The van der Waals surface area contributed by atoms with Crippen LogP contribution in [0.3, 0.4) is 0 Å². The van der Waals surface area contributed by atoms with Gasteiger partial charge in [0.05, 0.1) is 4.90 Å². The fourth-order valence-electron chi connectivity index (χ4n) is 2.48. The molecule has 1 amide bonds. The van der Waals surface area contributed by atoms with E-state index in [2.05, 4.69) is 10.0 Å². The zero-order chi connectivity index (χ0) is 21.4. The molecule has 29 heavy (non-hydrogen) atoms. The van der Waals surface area contributed by atoms with Crippen molar-refractivity contribution in [1.82, 2.24) is 4.72 Å². The Morgan fingerprint density at radius 2 is 1.72 bits per heavy atom. The van der Waals surface area contributed by atoms with E-state index >= 15 is 0 Å². The van der Waals surface area contributed by atoms with Gasteiger partial charge in [0.1, 0.15) is 0 Å². The second-order valence-electron chi connectivity index (χ2n) is 6.73. The molecule has 0 unspecified atom stereocenters. The van der Waals surface area contributed by atoms with Crippen molar-refractivity contribution >= 4 is 27.6 Å². The summed E-state index contributed by atoms with van der Waals surface area (Å²) in [5, 5.41) is 2.65. The fraction of sp³-hybridized carbons (Fsp3) is 0.333. The summed E-state index contributed by atoms with van der Waals surface area (Å²) in [6.45, 7) is 5.33. The third-order valence-electron chi connectivity index (χ3n) is 4.36. The van der Waals surface area contributed by atoms with Crippen LogP contribution in [0.15, 0.2) is 53.4 Å². The minimum atomic E-state index is -3.63. The second-order valence-corrected chi connectivity index (χ2v) is 8.50. The van der Waals surface area contributed by atoms with Gasteiger partial charge < -0.3 is 10.1 Å². The number of rotatable bonds is 9. The van der Waals surface area contributed by atoms with Gasteiger partial charge in [0.15, 0.2) is 6.10 Å². The Kier molecular flexibility index (Phi) is 7.92. The van der Waals surface area contributed by atoms with E-state index in [0.29, 0.717) is 5.69 Å². The number of nitrogens with one attached hydrogen (secondary N) is 2. The SMILES string of the molecule is Cc1ccc(S(=O)(=O)NCCCC(=O)O[C@@H](C)C(=O)Nc2ccccc2)cc1C. The van der Waals surface area contributed by atoms with Gasteiger partial charge in [-0.2, -0.15) is 0 Å². The van der Waals surface area contributed by atoms with E-state index in [1.807, 2.05) is 19.9 Å². The Morgan fingerprint density at radius 3 is 2.38 bits per heavy atom. The largest absolute Gasteiger partial charge is 0.453 e. The molecule has 7 nitrogen and oxygen atoms in total. The van der Waals surface area contributed by atoms with Gasteiger partial charge in [0.2, 0.25) is 10.0 Å². The van der Waals surface area contributed by atoms with Crippen LogP contribution in [0.1, 0.15) is 30.9 Å². The first-order chi connectivity index (χ1) is 13.7. The molecule has 0 aliphatic rings. The Labute approximate surface area is 171 Å². The number of para-hydroxylation sites is 1. The van der Waals surface area contributed by atoms with Gasteiger partial charge in [0.25, 0.3) is 5.91 Å². The Morgan fingerprint density at radius 1 is 1.03 bits per heavy atom. The Hall–Kier alpha value is -2.71. The molecule has 0 bridgehead atoms. The fourth-order valence-corrected chi connectivity index (χ4v) is 3.64. The van der Waals surface area contributed by atoms with Crippen LogP contribution in [0.25, 0.3) is 0 Å². The normalized spacial score (nSPS) is 12.2. The van der Waals surface area contributed by atoms with Crippen molar-refractivity contribution in [1.29, 1.82) is 0 Å². The first kappa shape index (κ1) is 22.6. The monoisotopic (exact) mass is 418 g/mol. The quantitative estimate of drug-likeness (QED) is 0.482. The van der Waals surface area contributed by atoms with Gasteiger partial charge in [-0.25, -0.2) is 13.1 Å². The highest BCUT2D eigenvalue weighted by Gasteiger charge is 2.18. The molecule has 0 aromatic heterocycles. The zero-order valence-electron chi connectivity index (χ0n) is 16.8. The van der Waals surface area contributed by atoms with E-state index in [1.165, 1.54) is 6.92 Å². The number of carbonyl (C=O) groups excluding carboxylic acids is 2. The van der Waals surface area contributed by atoms with Crippen molar-refractivity contribution in [3.63, 3.8) is 0 Å². The number of sulfonamides is 1. The molecule has 0 spiro atoms. The molecule has 2 rings (SSSR count). The van der Waals surface area contributed by atoms with Gasteiger partial charge >= 0.3 is 5.97 Å². The maximum absolute atomic E-state index is 12.3. The highest BCUT2D eigenvalue weighted by Crippen LogP contribution is 2.14. The first-order valence-corrected chi connectivity index (χ1v) is 10.8. The van der Waals surface area contributed by atoms with Crippen LogP contribution < -0.4 is 10.0 Å². The molecule has 0 radical (unpaired) electrons. The molecular weight excluding hydrogens is 392 g/mol. The van der Waals surface area contributed by atoms with Crippen LogP contribution in [-0.4, -0.2) is 32.9 Å². The Bertz CT molecular complexity index is 958. The third kappa shape index (κ3) is 6.99. The lowest BCUT2D eigenvalue weighted by Crippen LogP contribution is -2.30. The first-order valence-electron chi connectivity index (χ1n) is 9.31. The number of anilines is 1. The maximum atomic E-state index is 12.3. The molecule has 1 atom stereocenters. The molecule has 2 N–H and O–H groups in total. The molecule has 156 valence electrons. The van der Waals surface area contributed by atoms with Crippen molar-refractivity contribution < 1.29 is 22.7 Å². The van der Waals surface area contributed by atoms with Crippen LogP contribution in [0.4, 0.5) is 5.69 Å². The number of amides is 1. The van der Waals surface area contributed by atoms with E-state index in [0.717, 1.165) is 11.1 Å². The molecule has 8 heteroatoms. The predicted molar refractivity (Wildman–Crippen MR) is 111 cm³/mol. The summed E-state index contributed by atoms with van der Waals surface area (Å²) in [6.07, 6.45) is -0.691. The van der Waals surface area contributed by atoms with E-state index in [-0.39, 0.29) is 24.3 Å². The average Bonchev–Trinajstić information content (AvgIpc) is 2.68. The molecule has 0 aliphatic heterocycles. The third-order valence-corrected chi connectivity index (χ3v) is 5.82. The number of hydrogen-bond acceptors (Lipinski definition) is 5. The summed E-state index contributed by atoms with van der Waals surface area (Å²) in [7, 11) is -3.63. The summed E-state index contributed by atoms with van der Waals surface area (Å²) in [4.78, 5) is 24.1. The second kappa shape index (κ2) is 10.2. The van der Waals surface area contributed by atoms with Crippen molar-refractivity contribution in [2.45, 2.75) is 44.6 Å². The number of esters is 1. The van der Waals surface area contributed by atoms with Crippen molar-refractivity contribution in [2.24, 2.45) is 0 Å². The lowest BCUT2D eigenvalue weighted by Gasteiger charge is -2.13. The van der Waals surface area contributed by atoms with Gasteiger partial charge in [-0.15, -0.1) is 0 Å². The molecule has 0 saturated carbocycles. The lowest BCUT2D eigenvalue weighted by atomic mass is 10.1. The summed E-state index contributed by atoms with van der Waals surface area (Å²) in [5.74, 6) is -0.994. The molecule has 0 fully saturated rings. The summed E-state index contributed by atoms with van der Waals surface area (Å²) < 4.78 is 32.2. The molecular formula is C21H26N2O5S. The highest BCUT2D eigenvalue weighted by atomic mass is 32.2. The molecule has 2 aromatic rings. The number of ether oxygens (including phenoxy) is 1. The standard InChI is InChI=1S/C21H26N2O5S/c1-15-11-12-19(14-16(15)2)29(26,27)22-13-7-10-20(24)28-17(3)21(25)23-18-8-5-4-6-9-18/h4-6,8-9,11-12,14,17,22H,7,10,13H2,1-3H3,(H,23,25)/t17-/m0/s1. The van der Waals surface area contributed by atoms with Crippen molar-refractivity contribution in [2.75, 3.05) is 11.9 Å². The van der Waals surface area contributed by atoms with E-state index < -0.39 is 28.0 Å². The summed E-state index contributed by atoms with van der Waals surface area (Å²) >= 11 is 0. The van der Waals surface area contributed by atoms with Gasteiger partial charge in [-0.1, -0.05) is 24.3 Å². The molecule has 2 aromatic carbocycles. The number of hydrogen-bond donors (Lipinski definition) is 2. The topological polar surface area (TPSA) is 102 Å². The van der Waals surface area contributed by atoms with Gasteiger partial charge in [-0.05, 0) is 62.6 Å². The molecule has 0 saturated heterocycles. The summed E-state index contributed by atoms with van der Waals surface area (Å²) in [6, 6.07) is 13.8. The van der Waals surface area contributed by atoms with Crippen molar-refractivity contribution in [3.8, 4) is 0 Å². The van der Waals surface area contributed by atoms with E-state index in [4.69, 9.17) is 4.74 Å². The van der Waals surface area contributed by atoms with Gasteiger partial charge in [-0.3, -0.25) is 9.59 Å². The lowest BCUT2D eigenvalue weighted by molar-refractivity contribution is -0.153. The molecule has 0 aliphatic carbocycles. The average molecular weight is 419 g/mol. The Balaban J connectivity index is 1.74. The summed E-state index contributed by atoms with van der Waals surface area (Å²) in [5.41, 5.74) is 2.51. The zero-order valence-corrected chi connectivity index (χ0v) is 17.6. The van der Waals surface area contributed by atoms with Crippen LogP contribution in [0.5, 0.6) is 0 Å².